The normalized spacial score (nSPS) is 12.6. The van der Waals surface area contributed by atoms with E-state index in [4.69, 9.17) is 14.2 Å². The SMILES string of the molecule is COc1ccc([N+](=O)[O-])cc1N=Cc1ccc2c(c1)OCO2. The monoisotopic (exact) mass is 300 g/mol. The molecular formula is C15H12N2O5. The maximum absolute atomic E-state index is 10.8. The minimum absolute atomic E-state index is 0.0429. The van der Waals surface area contributed by atoms with Crippen LogP contribution in [0.25, 0.3) is 0 Å². The summed E-state index contributed by atoms with van der Waals surface area (Å²) in [5.41, 5.74) is 1.13. The predicted molar refractivity (Wildman–Crippen MR) is 79.5 cm³/mol. The van der Waals surface area contributed by atoms with Crippen molar-refractivity contribution in [1.29, 1.82) is 0 Å². The fourth-order valence-corrected chi connectivity index (χ4v) is 2.03. The number of rotatable bonds is 4. The number of nitro benzene ring substituents is 1. The van der Waals surface area contributed by atoms with Gasteiger partial charge < -0.3 is 14.2 Å². The van der Waals surface area contributed by atoms with Gasteiger partial charge in [0.1, 0.15) is 11.4 Å². The van der Waals surface area contributed by atoms with Crippen molar-refractivity contribution in [2.45, 2.75) is 0 Å². The minimum atomic E-state index is -0.473. The Morgan fingerprint density at radius 1 is 1.23 bits per heavy atom. The summed E-state index contributed by atoms with van der Waals surface area (Å²) in [7, 11) is 1.49. The Kier molecular flexibility index (Phi) is 3.61. The van der Waals surface area contributed by atoms with E-state index in [1.807, 2.05) is 6.07 Å². The first-order valence-electron chi connectivity index (χ1n) is 6.43. The van der Waals surface area contributed by atoms with E-state index in [2.05, 4.69) is 4.99 Å². The fourth-order valence-electron chi connectivity index (χ4n) is 2.03. The van der Waals surface area contributed by atoms with Crippen LogP contribution in [0.2, 0.25) is 0 Å². The number of hydrogen-bond donors (Lipinski definition) is 0. The van der Waals surface area contributed by atoms with Crippen LogP contribution in [0.5, 0.6) is 17.2 Å². The lowest BCUT2D eigenvalue weighted by Crippen LogP contribution is -1.92. The molecule has 7 nitrogen and oxygen atoms in total. The number of benzene rings is 2. The van der Waals surface area contributed by atoms with Gasteiger partial charge in [-0.05, 0) is 29.8 Å². The van der Waals surface area contributed by atoms with Crippen LogP contribution in [-0.4, -0.2) is 25.0 Å². The van der Waals surface area contributed by atoms with Gasteiger partial charge in [-0.25, -0.2) is 0 Å². The summed E-state index contributed by atoms with van der Waals surface area (Å²) in [6, 6.07) is 9.65. The van der Waals surface area contributed by atoms with Gasteiger partial charge in [0.15, 0.2) is 11.5 Å². The van der Waals surface area contributed by atoms with Crippen LogP contribution < -0.4 is 14.2 Å². The fraction of sp³-hybridized carbons (Fsp3) is 0.133. The Labute approximate surface area is 125 Å². The number of non-ortho nitro benzene ring substituents is 1. The van der Waals surface area contributed by atoms with Crippen LogP contribution in [0.15, 0.2) is 41.4 Å². The summed E-state index contributed by atoms with van der Waals surface area (Å²) in [6.45, 7) is 0.203. The van der Waals surface area contributed by atoms with E-state index in [1.54, 1.807) is 18.3 Å². The van der Waals surface area contributed by atoms with Gasteiger partial charge in [0, 0.05) is 18.3 Å². The van der Waals surface area contributed by atoms with Crippen molar-refractivity contribution < 1.29 is 19.1 Å². The largest absolute Gasteiger partial charge is 0.494 e. The molecule has 1 aliphatic rings. The molecule has 1 aliphatic heterocycles. The molecule has 0 bridgehead atoms. The minimum Gasteiger partial charge on any atom is -0.494 e. The number of hydrogen-bond acceptors (Lipinski definition) is 6. The van der Waals surface area contributed by atoms with E-state index in [0.29, 0.717) is 22.9 Å². The van der Waals surface area contributed by atoms with Crippen molar-refractivity contribution in [3.05, 3.63) is 52.1 Å². The lowest BCUT2D eigenvalue weighted by Gasteiger charge is -2.03. The third-order valence-corrected chi connectivity index (χ3v) is 3.12. The molecule has 0 radical (unpaired) electrons. The topological polar surface area (TPSA) is 83.2 Å². The van der Waals surface area contributed by atoms with Gasteiger partial charge in [-0.3, -0.25) is 15.1 Å². The van der Waals surface area contributed by atoms with E-state index >= 15 is 0 Å². The first-order valence-corrected chi connectivity index (χ1v) is 6.43. The zero-order valence-electron chi connectivity index (χ0n) is 11.7. The number of aliphatic imine (C=N–C) groups is 1. The molecule has 0 N–H and O–H groups in total. The van der Waals surface area contributed by atoms with Crippen molar-refractivity contribution in [2.75, 3.05) is 13.9 Å². The summed E-state index contributed by atoms with van der Waals surface area (Å²) in [6.07, 6.45) is 1.59. The van der Waals surface area contributed by atoms with E-state index in [1.165, 1.54) is 25.3 Å². The Bertz CT molecular complexity index is 758. The number of nitro groups is 1. The van der Waals surface area contributed by atoms with E-state index in [-0.39, 0.29) is 12.5 Å². The molecule has 112 valence electrons. The summed E-state index contributed by atoms with van der Waals surface area (Å²) in [5, 5.41) is 10.8. The quantitative estimate of drug-likeness (QED) is 0.492. The molecule has 0 atom stereocenters. The van der Waals surface area contributed by atoms with E-state index in [9.17, 15) is 10.1 Å². The molecule has 7 heteroatoms. The van der Waals surface area contributed by atoms with Crippen LogP contribution in [0.4, 0.5) is 11.4 Å². The van der Waals surface area contributed by atoms with Crippen LogP contribution in [0.3, 0.4) is 0 Å². The zero-order valence-corrected chi connectivity index (χ0v) is 11.7. The van der Waals surface area contributed by atoms with E-state index < -0.39 is 4.92 Å². The highest BCUT2D eigenvalue weighted by Gasteiger charge is 2.13. The second-order valence-corrected chi connectivity index (χ2v) is 4.48. The van der Waals surface area contributed by atoms with Crippen molar-refractivity contribution in [1.82, 2.24) is 0 Å². The van der Waals surface area contributed by atoms with Crippen molar-refractivity contribution in [3.8, 4) is 17.2 Å². The maximum atomic E-state index is 10.8. The molecule has 22 heavy (non-hydrogen) atoms. The second kappa shape index (κ2) is 5.72. The number of fused-ring (bicyclic) bond motifs is 1. The van der Waals surface area contributed by atoms with Gasteiger partial charge in [0.25, 0.3) is 5.69 Å². The highest BCUT2D eigenvalue weighted by atomic mass is 16.7. The highest BCUT2D eigenvalue weighted by Crippen LogP contribution is 2.33. The maximum Gasteiger partial charge on any atom is 0.271 e. The molecular weight excluding hydrogens is 288 g/mol. The summed E-state index contributed by atoms with van der Waals surface area (Å²) < 4.78 is 15.7. The molecule has 0 spiro atoms. The Morgan fingerprint density at radius 2 is 2.05 bits per heavy atom. The Hall–Kier alpha value is -3.09. The lowest BCUT2D eigenvalue weighted by atomic mass is 10.2. The van der Waals surface area contributed by atoms with Gasteiger partial charge in [-0.15, -0.1) is 0 Å². The number of ether oxygens (including phenoxy) is 3. The lowest BCUT2D eigenvalue weighted by molar-refractivity contribution is -0.384. The third kappa shape index (κ3) is 2.69. The molecule has 3 rings (SSSR count). The Balaban J connectivity index is 1.91. The van der Waals surface area contributed by atoms with Gasteiger partial charge in [0.05, 0.1) is 12.0 Å². The van der Waals surface area contributed by atoms with Gasteiger partial charge in [-0.1, -0.05) is 0 Å². The smallest absolute Gasteiger partial charge is 0.271 e. The highest BCUT2D eigenvalue weighted by molar-refractivity contribution is 5.84. The van der Waals surface area contributed by atoms with Crippen molar-refractivity contribution in [2.24, 2.45) is 4.99 Å². The standard InChI is InChI=1S/C15H12N2O5/c1-20-13-5-3-11(17(18)19)7-12(13)16-8-10-2-4-14-15(6-10)22-9-21-14/h2-8H,9H2,1H3. The molecule has 1 heterocycles. The number of nitrogens with zero attached hydrogens (tertiary/aromatic N) is 2. The first-order chi connectivity index (χ1) is 10.7. The van der Waals surface area contributed by atoms with Gasteiger partial charge in [0.2, 0.25) is 6.79 Å². The number of methoxy groups -OCH3 is 1. The van der Waals surface area contributed by atoms with Crippen LogP contribution in [0, 0.1) is 10.1 Å². The molecule has 0 aromatic heterocycles. The van der Waals surface area contributed by atoms with Crippen molar-refractivity contribution >= 4 is 17.6 Å². The van der Waals surface area contributed by atoms with Gasteiger partial charge in [-0.2, -0.15) is 0 Å². The molecule has 2 aromatic rings. The zero-order chi connectivity index (χ0) is 15.5. The summed E-state index contributed by atoms with van der Waals surface area (Å²) >= 11 is 0. The molecule has 0 aliphatic carbocycles. The molecule has 0 saturated carbocycles. The molecule has 2 aromatic carbocycles. The van der Waals surface area contributed by atoms with Gasteiger partial charge >= 0.3 is 0 Å². The third-order valence-electron chi connectivity index (χ3n) is 3.12. The summed E-state index contributed by atoms with van der Waals surface area (Å²) in [5.74, 6) is 1.79. The van der Waals surface area contributed by atoms with Crippen LogP contribution >= 0.6 is 0 Å². The molecule has 0 saturated heterocycles. The Morgan fingerprint density at radius 3 is 2.82 bits per heavy atom. The summed E-state index contributed by atoms with van der Waals surface area (Å²) in [4.78, 5) is 14.6. The average molecular weight is 300 g/mol. The van der Waals surface area contributed by atoms with Crippen molar-refractivity contribution in [3.63, 3.8) is 0 Å². The van der Waals surface area contributed by atoms with Crippen LogP contribution in [-0.2, 0) is 0 Å². The van der Waals surface area contributed by atoms with Crippen LogP contribution in [0.1, 0.15) is 5.56 Å². The molecule has 0 unspecified atom stereocenters. The molecule has 0 amide bonds. The second-order valence-electron chi connectivity index (χ2n) is 4.48. The predicted octanol–water partition coefficient (Wildman–Crippen LogP) is 3.08. The van der Waals surface area contributed by atoms with E-state index in [0.717, 1.165) is 5.56 Å². The average Bonchev–Trinajstić information content (AvgIpc) is 3.00. The molecule has 0 fully saturated rings. The first kappa shape index (κ1) is 13.9.